The van der Waals surface area contributed by atoms with Crippen molar-refractivity contribution < 1.29 is 19.1 Å². The molecule has 3 atom stereocenters. The highest BCUT2D eigenvalue weighted by Gasteiger charge is 2.46. The summed E-state index contributed by atoms with van der Waals surface area (Å²) in [6.07, 6.45) is 11.8. The molecule has 0 radical (unpaired) electrons. The number of carbonyl (C=O) groups excluding carboxylic acids is 2. The summed E-state index contributed by atoms with van der Waals surface area (Å²) >= 11 is 0. The molecule has 2 aliphatic heterocycles. The van der Waals surface area contributed by atoms with Gasteiger partial charge >= 0.3 is 12.0 Å². The number of ether oxygens (including phenoxy) is 2. The van der Waals surface area contributed by atoms with Gasteiger partial charge in [-0.25, -0.2) is 4.79 Å². The Morgan fingerprint density at radius 2 is 1.88 bits per heavy atom. The van der Waals surface area contributed by atoms with E-state index >= 15 is 0 Å². The number of rotatable bonds is 13. The molecule has 3 rings (SSSR count). The molecule has 0 bridgehead atoms. The van der Waals surface area contributed by atoms with Crippen LogP contribution in [0, 0.1) is 0 Å². The van der Waals surface area contributed by atoms with E-state index in [1.54, 1.807) is 13.2 Å². The number of amides is 2. The van der Waals surface area contributed by atoms with Crippen molar-refractivity contribution in [2.75, 3.05) is 13.7 Å². The molecule has 2 aliphatic rings. The lowest BCUT2D eigenvalue weighted by Gasteiger charge is -2.45. The van der Waals surface area contributed by atoms with Crippen LogP contribution in [0.4, 0.5) is 4.79 Å². The summed E-state index contributed by atoms with van der Waals surface area (Å²) in [5, 5.41) is 0. The van der Waals surface area contributed by atoms with E-state index in [-0.39, 0.29) is 43.2 Å². The Morgan fingerprint density at radius 1 is 1.12 bits per heavy atom. The second kappa shape index (κ2) is 12.7. The van der Waals surface area contributed by atoms with Crippen molar-refractivity contribution in [2.24, 2.45) is 0 Å². The Balaban J connectivity index is 1.71. The van der Waals surface area contributed by atoms with Crippen LogP contribution in [0.1, 0.15) is 76.7 Å². The van der Waals surface area contributed by atoms with Crippen molar-refractivity contribution in [1.29, 1.82) is 0 Å². The summed E-state index contributed by atoms with van der Waals surface area (Å²) in [7, 11) is 1.66. The van der Waals surface area contributed by atoms with Gasteiger partial charge < -0.3 is 19.3 Å². The molecule has 0 aromatic heterocycles. The normalized spacial score (nSPS) is 22.2. The number of hydrogen-bond acceptors (Lipinski definition) is 4. The maximum atomic E-state index is 13.7. The first-order chi connectivity index (χ1) is 16.1. The Labute approximate surface area is 198 Å². The van der Waals surface area contributed by atoms with Crippen LogP contribution in [-0.4, -0.2) is 53.6 Å². The number of unbranched alkanes of at least 4 members (excludes halogenated alkanes) is 4. The van der Waals surface area contributed by atoms with Gasteiger partial charge in [-0.2, -0.15) is 0 Å². The highest BCUT2D eigenvalue weighted by molar-refractivity contribution is 5.78. The zero-order valence-electron chi connectivity index (χ0n) is 20.3. The van der Waals surface area contributed by atoms with Crippen molar-refractivity contribution in [3.63, 3.8) is 0 Å². The number of nitrogens with zero attached hydrogens (tertiary/aromatic N) is 2. The minimum atomic E-state index is -0.256. The van der Waals surface area contributed by atoms with E-state index in [0.29, 0.717) is 6.54 Å². The Kier molecular flexibility index (Phi) is 9.64. The third kappa shape index (κ3) is 6.75. The monoisotopic (exact) mass is 456 g/mol. The predicted molar refractivity (Wildman–Crippen MR) is 130 cm³/mol. The molecule has 1 aromatic carbocycles. The van der Waals surface area contributed by atoms with Gasteiger partial charge in [-0.1, -0.05) is 63.8 Å². The standard InChI is InChI=1S/C27H40N2O4/c1-4-6-7-8-9-10-22-18-23-13-14-24(19-26(30)33-17-5-2)29(23)27(31)28(22)20-21-11-15-25(32-3)16-12-21/h5,11-12,15-16,22-24H,2,4,6-10,13-14,17-20H2,1,3H3/t22-,23+,24+/m0/s1. The van der Waals surface area contributed by atoms with Crippen molar-refractivity contribution in [1.82, 2.24) is 9.80 Å². The molecule has 0 aliphatic carbocycles. The zero-order chi connectivity index (χ0) is 23.6. The maximum absolute atomic E-state index is 13.7. The molecule has 0 saturated carbocycles. The summed E-state index contributed by atoms with van der Waals surface area (Å²) in [5.74, 6) is 0.557. The molecule has 0 unspecified atom stereocenters. The van der Waals surface area contributed by atoms with Crippen LogP contribution in [0.2, 0.25) is 0 Å². The number of esters is 1. The van der Waals surface area contributed by atoms with Gasteiger partial charge in [0.2, 0.25) is 0 Å². The molecular formula is C27H40N2O4. The van der Waals surface area contributed by atoms with Gasteiger partial charge in [-0.3, -0.25) is 4.79 Å². The second-order valence-corrected chi connectivity index (χ2v) is 9.32. The van der Waals surface area contributed by atoms with E-state index in [0.717, 1.165) is 43.4 Å². The molecule has 33 heavy (non-hydrogen) atoms. The predicted octanol–water partition coefficient (Wildman–Crippen LogP) is 5.70. The number of hydrogen-bond donors (Lipinski definition) is 0. The fourth-order valence-corrected chi connectivity index (χ4v) is 5.24. The van der Waals surface area contributed by atoms with E-state index in [9.17, 15) is 9.59 Å². The molecule has 2 fully saturated rings. The SMILES string of the molecule is C=CCOC(=O)C[C@H]1CC[C@@H]2C[C@H](CCCCCCC)N(Cc3ccc(OC)cc3)C(=O)N12. The lowest BCUT2D eigenvalue weighted by molar-refractivity contribution is -0.143. The van der Waals surface area contributed by atoms with Crippen LogP contribution >= 0.6 is 0 Å². The van der Waals surface area contributed by atoms with E-state index in [1.165, 1.54) is 25.7 Å². The molecule has 0 N–H and O–H groups in total. The van der Waals surface area contributed by atoms with Crippen LogP contribution in [0.15, 0.2) is 36.9 Å². The topological polar surface area (TPSA) is 59.1 Å². The van der Waals surface area contributed by atoms with Crippen LogP contribution in [-0.2, 0) is 16.1 Å². The third-order valence-electron chi connectivity index (χ3n) is 6.99. The average Bonchev–Trinajstić information content (AvgIpc) is 3.22. The summed E-state index contributed by atoms with van der Waals surface area (Å²) in [6.45, 7) is 6.62. The van der Waals surface area contributed by atoms with Gasteiger partial charge in [0.1, 0.15) is 12.4 Å². The Morgan fingerprint density at radius 3 is 2.58 bits per heavy atom. The smallest absolute Gasteiger partial charge is 0.321 e. The van der Waals surface area contributed by atoms with E-state index in [2.05, 4.69) is 13.5 Å². The van der Waals surface area contributed by atoms with Crippen LogP contribution in [0.25, 0.3) is 0 Å². The lowest BCUT2D eigenvalue weighted by atomic mass is 9.95. The number of methoxy groups -OCH3 is 1. The minimum Gasteiger partial charge on any atom is -0.497 e. The number of benzene rings is 1. The summed E-state index contributed by atoms with van der Waals surface area (Å²) in [6, 6.07) is 8.41. The minimum absolute atomic E-state index is 0.0691. The van der Waals surface area contributed by atoms with E-state index in [4.69, 9.17) is 9.47 Å². The van der Waals surface area contributed by atoms with E-state index in [1.807, 2.05) is 34.1 Å². The molecule has 6 heteroatoms. The summed E-state index contributed by atoms with van der Waals surface area (Å²) in [5.41, 5.74) is 1.10. The highest BCUT2D eigenvalue weighted by Crippen LogP contribution is 2.37. The quantitative estimate of drug-likeness (QED) is 0.217. The van der Waals surface area contributed by atoms with Crippen molar-refractivity contribution in [2.45, 2.75) is 95.8 Å². The summed E-state index contributed by atoms with van der Waals surface area (Å²) in [4.78, 5) is 30.0. The third-order valence-corrected chi connectivity index (χ3v) is 6.99. The average molecular weight is 457 g/mol. The van der Waals surface area contributed by atoms with Gasteiger partial charge in [0, 0.05) is 24.7 Å². The fourth-order valence-electron chi connectivity index (χ4n) is 5.24. The molecule has 2 amide bonds. The number of fused-ring (bicyclic) bond motifs is 1. The van der Waals surface area contributed by atoms with Gasteiger partial charge in [-0.05, 0) is 43.4 Å². The van der Waals surface area contributed by atoms with Crippen molar-refractivity contribution in [3.05, 3.63) is 42.5 Å². The van der Waals surface area contributed by atoms with Gasteiger partial charge in [0.15, 0.2) is 0 Å². The van der Waals surface area contributed by atoms with Crippen LogP contribution in [0.3, 0.4) is 0 Å². The first kappa shape index (κ1) is 25.1. The number of carbonyl (C=O) groups is 2. The molecule has 1 aromatic rings. The largest absolute Gasteiger partial charge is 0.497 e. The molecule has 2 saturated heterocycles. The first-order valence-corrected chi connectivity index (χ1v) is 12.6. The van der Waals surface area contributed by atoms with E-state index < -0.39 is 0 Å². The first-order valence-electron chi connectivity index (χ1n) is 12.6. The highest BCUT2D eigenvalue weighted by atomic mass is 16.5. The summed E-state index contributed by atoms with van der Waals surface area (Å²) < 4.78 is 10.5. The molecule has 0 spiro atoms. The van der Waals surface area contributed by atoms with Crippen molar-refractivity contribution in [3.8, 4) is 5.75 Å². The van der Waals surface area contributed by atoms with Gasteiger partial charge in [-0.15, -0.1) is 0 Å². The molecule has 6 nitrogen and oxygen atoms in total. The number of urea groups is 1. The lowest BCUT2D eigenvalue weighted by Crippen LogP contribution is -2.58. The Hall–Kier alpha value is -2.50. The van der Waals surface area contributed by atoms with Crippen LogP contribution < -0.4 is 4.74 Å². The molecular weight excluding hydrogens is 416 g/mol. The fraction of sp³-hybridized carbons (Fsp3) is 0.630. The van der Waals surface area contributed by atoms with Crippen LogP contribution in [0.5, 0.6) is 5.75 Å². The Bertz CT molecular complexity index is 779. The van der Waals surface area contributed by atoms with Gasteiger partial charge in [0.25, 0.3) is 0 Å². The van der Waals surface area contributed by atoms with Crippen molar-refractivity contribution >= 4 is 12.0 Å². The molecule has 2 heterocycles. The second-order valence-electron chi connectivity index (χ2n) is 9.32. The van der Waals surface area contributed by atoms with Gasteiger partial charge in [0.05, 0.1) is 13.5 Å². The maximum Gasteiger partial charge on any atom is 0.321 e. The zero-order valence-corrected chi connectivity index (χ0v) is 20.3. The molecule has 182 valence electrons.